The number of hydrogen-bond donors (Lipinski definition) is 1. The molecule has 25 heavy (non-hydrogen) atoms. The third-order valence-electron chi connectivity index (χ3n) is 3.93. The maximum atomic E-state index is 12.7. The molecule has 0 heterocycles. The number of methoxy groups -OCH3 is 1. The molecular formula is C21H27NO3. The summed E-state index contributed by atoms with van der Waals surface area (Å²) in [4.78, 5) is 12.7. The lowest BCUT2D eigenvalue weighted by molar-refractivity contribution is -0.129. The SMILES string of the molecule is CC[C@@H](Oc1cccc(OC)c1)C(=O)NC(C)(C)Cc1ccccc1. The van der Waals surface area contributed by atoms with Crippen LogP contribution in [0.5, 0.6) is 11.5 Å². The summed E-state index contributed by atoms with van der Waals surface area (Å²) in [6.45, 7) is 5.99. The van der Waals surface area contributed by atoms with Crippen LogP contribution >= 0.6 is 0 Å². The van der Waals surface area contributed by atoms with Crippen LogP contribution in [0, 0.1) is 0 Å². The van der Waals surface area contributed by atoms with Gasteiger partial charge in [-0.2, -0.15) is 0 Å². The maximum Gasteiger partial charge on any atom is 0.261 e. The van der Waals surface area contributed by atoms with Gasteiger partial charge in [0.1, 0.15) is 11.5 Å². The molecule has 0 spiro atoms. The second-order valence-electron chi connectivity index (χ2n) is 6.73. The van der Waals surface area contributed by atoms with Gasteiger partial charge >= 0.3 is 0 Å². The van der Waals surface area contributed by atoms with Gasteiger partial charge < -0.3 is 14.8 Å². The van der Waals surface area contributed by atoms with E-state index in [1.54, 1.807) is 13.2 Å². The summed E-state index contributed by atoms with van der Waals surface area (Å²) < 4.78 is 11.1. The Bertz CT molecular complexity index is 683. The molecule has 4 heteroatoms. The monoisotopic (exact) mass is 341 g/mol. The Labute approximate surface area is 150 Å². The van der Waals surface area contributed by atoms with E-state index in [2.05, 4.69) is 17.4 Å². The van der Waals surface area contributed by atoms with Gasteiger partial charge in [-0.1, -0.05) is 43.3 Å². The summed E-state index contributed by atoms with van der Waals surface area (Å²) in [6.07, 6.45) is 0.807. The smallest absolute Gasteiger partial charge is 0.261 e. The van der Waals surface area contributed by atoms with Crippen LogP contribution in [0.15, 0.2) is 54.6 Å². The average molecular weight is 341 g/mol. The predicted octanol–water partition coefficient (Wildman–Crippen LogP) is 3.99. The minimum Gasteiger partial charge on any atom is -0.497 e. The first-order chi connectivity index (χ1) is 11.9. The van der Waals surface area contributed by atoms with E-state index in [1.165, 1.54) is 5.56 Å². The normalized spacial score (nSPS) is 12.3. The molecule has 0 saturated heterocycles. The van der Waals surface area contributed by atoms with Crippen molar-refractivity contribution in [3.8, 4) is 11.5 Å². The fourth-order valence-corrected chi connectivity index (χ4v) is 2.73. The molecule has 0 radical (unpaired) electrons. The largest absolute Gasteiger partial charge is 0.497 e. The van der Waals surface area contributed by atoms with Gasteiger partial charge in [0.05, 0.1) is 7.11 Å². The highest BCUT2D eigenvalue weighted by Gasteiger charge is 2.26. The van der Waals surface area contributed by atoms with Crippen molar-refractivity contribution in [3.63, 3.8) is 0 Å². The van der Waals surface area contributed by atoms with E-state index in [4.69, 9.17) is 9.47 Å². The van der Waals surface area contributed by atoms with E-state index < -0.39 is 6.10 Å². The first-order valence-electron chi connectivity index (χ1n) is 8.60. The summed E-state index contributed by atoms with van der Waals surface area (Å²) in [5, 5.41) is 3.11. The van der Waals surface area contributed by atoms with E-state index in [1.807, 2.05) is 57.2 Å². The average Bonchev–Trinajstić information content (AvgIpc) is 2.59. The molecule has 134 valence electrons. The van der Waals surface area contributed by atoms with Crippen LogP contribution < -0.4 is 14.8 Å². The standard InChI is InChI=1S/C21H27NO3/c1-5-19(25-18-13-9-12-17(14-18)24-4)20(23)22-21(2,3)15-16-10-7-6-8-11-16/h6-14,19H,5,15H2,1-4H3,(H,22,23)/t19-/m1/s1. The Morgan fingerprint density at radius 3 is 2.40 bits per heavy atom. The summed E-state index contributed by atoms with van der Waals surface area (Å²) in [7, 11) is 1.61. The van der Waals surface area contributed by atoms with Crippen molar-refractivity contribution in [2.24, 2.45) is 0 Å². The van der Waals surface area contributed by atoms with Gasteiger partial charge in [0, 0.05) is 11.6 Å². The van der Waals surface area contributed by atoms with Gasteiger partial charge in [-0.3, -0.25) is 4.79 Å². The molecule has 0 aliphatic rings. The quantitative estimate of drug-likeness (QED) is 0.790. The second-order valence-corrected chi connectivity index (χ2v) is 6.73. The number of benzene rings is 2. The third kappa shape index (κ3) is 5.82. The number of ether oxygens (including phenoxy) is 2. The zero-order valence-corrected chi connectivity index (χ0v) is 15.4. The third-order valence-corrected chi connectivity index (χ3v) is 3.93. The molecule has 2 aromatic carbocycles. The van der Waals surface area contributed by atoms with Gasteiger partial charge in [-0.05, 0) is 44.4 Å². The molecule has 0 saturated carbocycles. The zero-order chi connectivity index (χ0) is 18.3. The van der Waals surface area contributed by atoms with Crippen molar-refractivity contribution in [3.05, 3.63) is 60.2 Å². The van der Waals surface area contributed by atoms with Crippen LogP contribution in [-0.2, 0) is 11.2 Å². The molecule has 0 aliphatic heterocycles. The lowest BCUT2D eigenvalue weighted by Crippen LogP contribution is -2.50. The molecule has 1 atom stereocenters. The molecule has 1 amide bonds. The highest BCUT2D eigenvalue weighted by atomic mass is 16.5. The highest BCUT2D eigenvalue weighted by Crippen LogP contribution is 2.21. The van der Waals surface area contributed by atoms with Crippen LogP contribution in [0.2, 0.25) is 0 Å². The summed E-state index contributed by atoms with van der Waals surface area (Å²) >= 11 is 0. The van der Waals surface area contributed by atoms with Gasteiger partial charge in [-0.25, -0.2) is 0 Å². The number of carbonyl (C=O) groups excluding carboxylic acids is 1. The van der Waals surface area contributed by atoms with Crippen LogP contribution in [0.1, 0.15) is 32.8 Å². The fourth-order valence-electron chi connectivity index (χ4n) is 2.73. The molecule has 0 unspecified atom stereocenters. The molecule has 0 bridgehead atoms. The number of nitrogens with one attached hydrogen (secondary N) is 1. The number of rotatable bonds is 8. The van der Waals surface area contributed by atoms with Gasteiger partial charge in [0.25, 0.3) is 5.91 Å². The van der Waals surface area contributed by atoms with Crippen molar-refractivity contribution >= 4 is 5.91 Å². The highest BCUT2D eigenvalue weighted by molar-refractivity contribution is 5.81. The summed E-state index contributed by atoms with van der Waals surface area (Å²) in [5.74, 6) is 1.23. The Balaban J connectivity index is 2.00. The lowest BCUT2D eigenvalue weighted by atomic mass is 9.94. The van der Waals surface area contributed by atoms with Gasteiger partial charge in [0.15, 0.2) is 6.10 Å². The van der Waals surface area contributed by atoms with Gasteiger partial charge in [0.2, 0.25) is 0 Å². The number of hydrogen-bond acceptors (Lipinski definition) is 3. The van der Waals surface area contributed by atoms with Crippen molar-refractivity contribution in [1.82, 2.24) is 5.32 Å². The maximum absolute atomic E-state index is 12.7. The Hall–Kier alpha value is -2.49. The van der Waals surface area contributed by atoms with Crippen LogP contribution in [0.4, 0.5) is 0 Å². The van der Waals surface area contributed by atoms with E-state index in [0.29, 0.717) is 17.9 Å². The van der Waals surface area contributed by atoms with Crippen molar-refractivity contribution in [2.75, 3.05) is 7.11 Å². The molecule has 0 aliphatic carbocycles. The van der Waals surface area contributed by atoms with Crippen LogP contribution in [0.3, 0.4) is 0 Å². The minimum absolute atomic E-state index is 0.105. The molecule has 2 rings (SSSR count). The van der Waals surface area contributed by atoms with E-state index in [0.717, 1.165) is 6.42 Å². The van der Waals surface area contributed by atoms with Crippen LogP contribution in [-0.4, -0.2) is 24.7 Å². The Morgan fingerprint density at radius 2 is 1.76 bits per heavy atom. The minimum atomic E-state index is -0.540. The fraction of sp³-hybridized carbons (Fsp3) is 0.381. The summed E-state index contributed by atoms with van der Waals surface area (Å²) in [6, 6.07) is 17.4. The number of carbonyl (C=O) groups is 1. The predicted molar refractivity (Wildman–Crippen MR) is 100 cm³/mol. The first kappa shape index (κ1) is 18.8. The lowest BCUT2D eigenvalue weighted by Gasteiger charge is -2.29. The van der Waals surface area contributed by atoms with Crippen molar-refractivity contribution < 1.29 is 14.3 Å². The first-order valence-corrected chi connectivity index (χ1v) is 8.60. The topological polar surface area (TPSA) is 47.6 Å². The van der Waals surface area contributed by atoms with Crippen molar-refractivity contribution in [2.45, 2.75) is 45.3 Å². The van der Waals surface area contributed by atoms with E-state index in [9.17, 15) is 4.79 Å². The molecule has 0 aromatic heterocycles. The number of amides is 1. The van der Waals surface area contributed by atoms with Crippen molar-refractivity contribution in [1.29, 1.82) is 0 Å². The molecule has 2 aromatic rings. The molecule has 0 fully saturated rings. The Morgan fingerprint density at radius 1 is 1.08 bits per heavy atom. The second kappa shape index (κ2) is 8.56. The zero-order valence-electron chi connectivity index (χ0n) is 15.4. The van der Waals surface area contributed by atoms with Crippen LogP contribution in [0.25, 0.3) is 0 Å². The Kier molecular flexibility index (Phi) is 6.45. The van der Waals surface area contributed by atoms with E-state index in [-0.39, 0.29) is 11.4 Å². The molecule has 1 N–H and O–H groups in total. The van der Waals surface area contributed by atoms with E-state index >= 15 is 0 Å². The van der Waals surface area contributed by atoms with Gasteiger partial charge in [-0.15, -0.1) is 0 Å². The molecular weight excluding hydrogens is 314 g/mol. The molecule has 4 nitrogen and oxygen atoms in total. The summed E-state index contributed by atoms with van der Waals surface area (Å²) in [5.41, 5.74) is 0.832.